The van der Waals surface area contributed by atoms with Crippen LogP contribution in [0.25, 0.3) is 36.5 Å². The first-order chi connectivity index (χ1) is 19.9. The Morgan fingerprint density at radius 2 is 0.854 bits per heavy atom. The molecular formula is C36H27FO4. The summed E-state index contributed by atoms with van der Waals surface area (Å²) in [5.41, 5.74) is 5.04. The molecule has 4 aromatic rings. The van der Waals surface area contributed by atoms with Crippen molar-refractivity contribution in [1.82, 2.24) is 0 Å². The minimum Gasteiger partial charge on any atom is -0.423 e. The summed E-state index contributed by atoms with van der Waals surface area (Å²) in [6, 6.07) is 27.1. The molecule has 0 N–H and O–H groups in total. The smallest absolute Gasteiger partial charge is 0.335 e. The average Bonchev–Trinajstić information content (AvgIpc) is 3.00. The maximum Gasteiger partial charge on any atom is 0.335 e. The fraction of sp³-hybridized carbons (Fsp3) is 0. The molecule has 41 heavy (non-hydrogen) atoms. The van der Waals surface area contributed by atoms with Gasteiger partial charge in [-0.2, -0.15) is 0 Å². The third-order valence-corrected chi connectivity index (χ3v) is 5.88. The molecule has 4 nitrogen and oxygen atoms in total. The maximum atomic E-state index is 14.7. The van der Waals surface area contributed by atoms with Gasteiger partial charge in [0.1, 0.15) is 17.3 Å². The summed E-state index contributed by atoms with van der Waals surface area (Å²) in [7, 11) is 0. The van der Waals surface area contributed by atoms with Crippen molar-refractivity contribution in [3.63, 3.8) is 0 Å². The van der Waals surface area contributed by atoms with Gasteiger partial charge in [-0.3, -0.25) is 0 Å². The van der Waals surface area contributed by atoms with Crippen molar-refractivity contribution in [1.29, 1.82) is 0 Å². The quantitative estimate of drug-likeness (QED) is 0.0872. The molecule has 0 aromatic heterocycles. The van der Waals surface area contributed by atoms with Crippen LogP contribution in [0.5, 0.6) is 11.5 Å². The van der Waals surface area contributed by atoms with Gasteiger partial charge in [0.25, 0.3) is 0 Å². The Labute approximate surface area is 238 Å². The van der Waals surface area contributed by atoms with E-state index in [1.54, 1.807) is 54.6 Å². The number of benzene rings is 4. The summed E-state index contributed by atoms with van der Waals surface area (Å²) in [5, 5.41) is 0. The Morgan fingerprint density at radius 3 is 1.24 bits per heavy atom. The molecule has 0 aliphatic heterocycles. The predicted octanol–water partition coefficient (Wildman–Crippen LogP) is 8.52. The van der Waals surface area contributed by atoms with Crippen LogP contribution < -0.4 is 9.47 Å². The largest absolute Gasteiger partial charge is 0.423 e. The third-order valence-electron chi connectivity index (χ3n) is 5.88. The van der Waals surface area contributed by atoms with E-state index < -0.39 is 11.9 Å². The lowest BCUT2D eigenvalue weighted by Crippen LogP contribution is -2.02. The van der Waals surface area contributed by atoms with E-state index in [1.165, 1.54) is 6.07 Å². The fourth-order valence-corrected chi connectivity index (χ4v) is 3.68. The molecule has 0 amide bonds. The van der Waals surface area contributed by atoms with E-state index in [1.807, 2.05) is 66.8 Å². The second-order valence-corrected chi connectivity index (χ2v) is 8.84. The Balaban J connectivity index is 1.33. The number of carbonyl (C=O) groups is 2. The van der Waals surface area contributed by atoms with Crippen LogP contribution in [0.3, 0.4) is 0 Å². The number of rotatable bonds is 10. The van der Waals surface area contributed by atoms with E-state index in [0.717, 1.165) is 40.0 Å². The van der Waals surface area contributed by atoms with Crippen molar-refractivity contribution < 1.29 is 23.5 Å². The Morgan fingerprint density at radius 1 is 0.512 bits per heavy atom. The first-order valence-electron chi connectivity index (χ1n) is 12.7. The van der Waals surface area contributed by atoms with Crippen molar-refractivity contribution >= 4 is 48.4 Å². The van der Waals surface area contributed by atoms with E-state index in [-0.39, 0.29) is 5.82 Å². The predicted molar refractivity (Wildman–Crippen MR) is 164 cm³/mol. The number of ether oxygens (including phenoxy) is 2. The van der Waals surface area contributed by atoms with E-state index in [9.17, 15) is 14.0 Å². The molecule has 0 atom stereocenters. The molecule has 202 valence electrons. The monoisotopic (exact) mass is 542 g/mol. The SMILES string of the molecule is C=CC(=O)Oc1ccc(C=Cc2ccc(C=Cc3ccc(C=Cc4ccc(OC(=O)C=C)cc4)c(F)c3)cc2)cc1. The van der Waals surface area contributed by atoms with Crippen LogP contribution in [0.1, 0.15) is 33.4 Å². The van der Waals surface area contributed by atoms with E-state index in [4.69, 9.17) is 9.47 Å². The Bertz CT molecular complexity index is 1630. The highest BCUT2D eigenvalue weighted by atomic mass is 19.1. The average molecular weight is 543 g/mol. The number of hydrogen-bond acceptors (Lipinski definition) is 4. The molecule has 0 saturated carbocycles. The van der Waals surface area contributed by atoms with Gasteiger partial charge in [-0.05, 0) is 58.1 Å². The molecule has 4 aromatic carbocycles. The summed E-state index contributed by atoms with van der Waals surface area (Å²) in [6.45, 7) is 6.75. The minimum absolute atomic E-state index is 0.327. The summed E-state index contributed by atoms with van der Waals surface area (Å²) < 4.78 is 24.8. The van der Waals surface area contributed by atoms with E-state index >= 15 is 0 Å². The fourth-order valence-electron chi connectivity index (χ4n) is 3.68. The molecular weight excluding hydrogens is 515 g/mol. The molecule has 0 aliphatic rings. The van der Waals surface area contributed by atoms with Gasteiger partial charge in [-0.15, -0.1) is 0 Å². The summed E-state index contributed by atoms with van der Waals surface area (Å²) >= 11 is 0. The van der Waals surface area contributed by atoms with Gasteiger partial charge in [-0.25, -0.2) is 14.0 Å². The second-order valence-electron chi connectivity index (χ2n) is 8.84. The summed E-state index contributed by atoms with van der Waals surface area (Å²) in [4.78, 5) is 22.5. The van der Waals surface area contributed by atoms with Gasteiger partial charge in [0.05, 0.1) is 0 Å². The lowest BCUT2D eigenvalue weighted by atomic mass is 10.1. The van der Waals surface area contributed by atoms with Crippen LogP contribution in [0.2, 0.25) is 0 Å². The number of halogens is 1. The molecule has 0 bridgehead atoms. The second kappa shape index (κ2) is 14.0. The van der Waals surface area contributed by atoms with Crippen LogP contribution in [0, 0.1) is 5.82 Å². The lowest BCUT2D eigenvalue weighted by molar-refractivity contribution is -0.129. The Hall–Kier alpha value is -5.55. The Kier molecular flexibility index (Phi) is 9.73. The number of carbonyl (C=O) groups excluding carboxylic acids is 2. The van der Waals surface area contributed by atoms with Crippen LogP contribution in [0.15, 0.2) is 116 Å². The molecule has 0 radical (unpaired) electrons. The zero-order valence-corrected chi connectivity index (χ0v) is 22.2. The maximum absolute atomic E-state index is 14.7. The number of esters is 2. The van der Waals surface area contributed by atoms with Crippen LogP contribution in [0.4, 0.5) is 4.39 Å². The van der Waals surface area contributed by atoms with Gasteiger partial charge >= 0.3 is 11.9 Å². The van der Waals surface area contributed by atoms with Crippen molar-refractivity contribution in [3.8, 4) is 11.5 Å². The summed E-state index contributed by atoms with van der Waals surface area (Å²) in [5.74, 6) is -0.464. The molecule has 0 spiro atoms. The lowest BCUT2D eigenvalue weighted by Gasteiger charge is -2.02. The molecule has 4 rings (SSSR count). The standard InChI is InChI=1S/C36H27FO4/c1-3-35(38)40-32-21-15-28(16-22-32)10-9-26-5-7-27(8-6-26)11-12-30-14-20-31(34(37)25-30)19-13-29-17-23-33(24-18-29)41-36(39)4-2/h3-25H,1-2H2. The van der Waals surface area contributed by atoms with Gasteiger partial charge in [0.2, 0.25) is 0 Å². The summed E-state index contributed by atoms with van der Waals surface area (Å²) in [6.07, 6.45) is 13.5. The first-order valence-corrected chi connectivity index (χ1v) is 12.7. The van der Waals surface area contributed by atoms with Crippen molar-refractivity contribution in [2.75, 3.05) is 0 Å². The van der Waals surface area contributed by atoms with Gasteiger partial charge < -0.3 is 9.47 Å². The zero-order valence-electron chi connectivity index (χ0n) is 22.2. The molecule has 0 heterocycles. The van der Waals surface area contributed by atoms with Crippen LogP contribution in [-0.2, 0) is 9.59 Å². The van der Waals surface area contributed by atoms with Gasteiger partial charge in [-0.1, -0.05) is 110 Å². The topological polar surface area (TPSA) is 52.6 Å². The van der Waals surface area contributed by atoms with Crippen LogP contribution in [-0.4, -0.2) is 11.9 Å². The number of hydrogen-bond donors (Lipinski definition) is 0. The van der Waals surface area contributed by atoms with E-state index in [0.29, 0.717) is 17.1 Å². The normalized spacial score (nSPS) is 11.1. The van der Waals surface area contributed by atoms with Crippen molar-refractivity contribution in [3.05, 3.63) is 156 Å². The highest BCUT2D eigenvalue weighted by molar-refractivity contribution is 5.84. The molecule has 0 saturated heterocycles. The highest BCUT2D eigenvalue weighted by Gasteiger charge is 2.02. The first kappa shape index (κ1) is 28.5. The van der Waals surface area contributed by atoms with Gasteiger partial charge in [0.15, 0.2) is 0 Å². The zero-order chi connectivity index (χ0) is 29.0. The van der Waals surface area contributed by atoms with Crippen molar-refractivity contribution in [2.24, 2.45) is 0 Å². The molecule has 5 heteroatoms. The van der Waals surface area contributed by atoms with Gasteiger partial charge in [0, 0.05) is 17.7 Å². The molecule has 0 unspecified atom stereocenters. The molecule has 0 aliphatic carbocycles. The third kappa shape index (κ3) is 8.73. The van der Waals surface area contributed by atoms with E-state index in [2.05, 4.69) is 13.2 Å². The van der Waals surface area contributed by atoms with Crippen LogP contribution >= 0.6 is 0 Å². The molecule has 0 fully saturated rings. The minimum atomic E-state index is -0.523. The van der Waals surface area contributed by atoms with Crippen molar-refractivity contribution in [2.45, 2.75) is 0 Å². The highest BCUT2D eigenvalue weighted by Crippen LogP contribution is 2.19.